The summed E-state index contributed by atoms with van der Waals surface area (Å²) in [6.45, 7) is 1.15. The minimum absolute atomic E-state index is 0.0437. The summed E-state index contributed by atoms with van der Waals surface area (Å²) in [5.41, 5.74) is 5.58. The number of para-hydroxylation sites is 1. The molecule has 3 heterocycles. The molecule has 160 valence electrons. The first-order valence-electron chi connectivity index (χ1n) is 10.6. The fourth-order valence-corrected chi connectivity index (χ4v) is 4.40. The minimum atomic E-state index is 0.0437. The molecule has 6 heteroatoms. The summed E-state index contributed by atoms with van der Waals surface area (Å²) in [5.74, 6) is 1.38. The lowest BCUT2D eigenvalue weighted by Gasteiger charge is -2.15. The van der Waals surface area contributed by atoms with Crippen LogP contribution in [-0.4, -0.2) is 39.5 Å². The predicted molar refractivity (Wildman–Crippen MR) is 129 cm³/mol. The van der Waals surface area contributed by atoms with Crippen LogP contribution in [-0.2, 0) is 13.0 Å². The quantitative estimate of drug-likeness (QED) is 0.369. The lowest BCUT2D eigenvalue weighted by atomic mass is 9.97. The highest BCUT2D eigenvalue weighted by Crippen LogP contribution is 2.38. The van der Waals surface area contributed by atoms with Gasteiger partial charge in [0.1, 0.15) is 11.7 Å². The van der Waals surface area contributed by atoms with Crippen molar-refractivity contribution in [3.63, 3.8) is 0 Å². The van der Waals surface area contributed by atoms with E-state index in [0.29, 0.717) is 25.4 Å². The van der Waals surface area contributed by atoms with Crippen LogP contribution >= 0.6 is 11.8 Å². The number of hydrogen-bond donors (Lipinski definition) is 0. The molecule has 0 N–H and O–H groups in total. The highest BCUT2D eigenvalue weighted by Gasteiger charge is 2.33. The number of pyridine rings is 2. The van der Waals surface area contributed by atoms with Gasteiger partial charge in [0.15, 0.2) is 0 Å². The van der Waals surface area contributed by atoms with Gasteiger partial charge in [-0.15, -0.1) is 11.8 Å². The van der Waals surface area contributed by atoms with E-state index in [4.69, 9.17) is 9.72 Å². The van der Waals surface area contributed by atoms with E-state index in [9.17, 15) is 4.79 Å². The molecule has 4 aromatic rings. The summed E-state index contributed by atoms with van der Waals surface area (Å²) in [6, 6.07) is 20.1. The molecule has 32 heavy (non-hydrogen) atoms. The summed E-state index contributed by atoms with van der Waals surface area (Å²) in [6.07, 6.45) is 6.21. The van der Waals surface area contributed by atoms with Gasteiger partial charge in [-0.1, -0.05) is 24.3 Å². The first-order chi connectivity index (χ1) is 15.7. The molecule has 0 unspecified atom stereocenters. The fraction of sp³-hybridized carbons (Fsp3) is 0.192. The molecule has 1 amide bonds. The molecule has 5 rings (SSSR count). The van der Waals surface area contributed by atoms with Gasteiger partial charge < -0.3 is 9.64 Å². The van der Waals surface area contributed by atoms with E-state index in [1.165, 1.54) is 0 Å². The summed E-state index contributed by atoms with van der Waals surface area (Å²) in [7, 11) is 0. The molecule has 0 fully saturated rings. The number of carbonyl (C=O) groups excluding carboxylic acids is 1. The van der Waals surface area contributed by atoms with Crippen molar-refractivity contribution >= 4 is 28.6 Å². The van der Waals surface area contributed by atoms with Crippen molar-refractivity contribution in [3.8, 4) is 16.9 Å². The molecule has 0 saturated heterocycles. The second-order valence-corrected chi connectivity index (χ2v) is 8.54. The Morgan fingerprint density at radius 1 is 1.03 bits per heavy atom. The predicted octanol–water partition coefficient (Wildman–Crippen LogP) is 5.19. The van der Waals surface area contributed by atoms with Crippen molar-refractivity contribution in [2.24, 2.45) is 0 Å². The van der Waals surface area contributed by atoms with Crippen LogP contribution in [0.1, 0.15) is 21.6 Å². The standard InChI is InChI=1S/C26H23N3O2S/c1-32-17-31-24-9-8-21(18-10-13-27-14-11-18)25-22(24)16-29(26(25)30)15-12-20-7-6-19-4-2-3-5-23(19)28-20/h2-11,13-14H,12,15-17H2,1H3. The number of hydrogen-bond acceptors (Lipinski definition) is 5. The maximum Gasteiger partial charge on any atom is 0.255 e. The van der Waals surface area contributed by atoms with Gasteiger partial charge in [0, 0.05) is 42.0 Å². The van der Waals surface area contributed by atoms with Crippen LogP contribution in [0.15, 0.2) is 73.1 Å². The Morgan fingerprint density at radius 3 is 2.72 bits per heavy atom. The highest BCUT2D eigenvalue weighted by atomic mass is 32.2. The summed E-state index contributed by atoms with van der Waals surface area (Å²) in [5, 5.41) is 1.12. The summed E-state index contributed by atoms with van der Waals surface area (Å²) >= 11 is 1.62. The molecular formula is C26H23N3O2S. The van der Waals surface area contributed by atoms with Gasteiger partial charge in [-0.3, -0.25) is 14.8 Å². The largest absolute Gasteiger partial charge is 0.483 e. The molecule has 0 aliphatic carbocycles. The van der Waals surface area contributed by atoms with Crippen LogP contribution in [0.2, 0.25) is 0 Å². The van der Waals surface area contributed by atoms with Gasteiger partial charge in [-0.05, 0) is 53.8 Å². The van der Waals surface area contributed by atoms with Crippen LogP contribution in [0.4, 0.5) is 0 Å². The van der Waals surface area contributed by atoms with Crippen molar-refractivity contribution in [2.75, 3.05) is 18.7 Å². The molecule has 1 aliphatic heterocycles. The number of carbonyl (C=O) groups is 1. The summed E-state index contributed by atoms with van der Waals surface area (Å²) < 4.78 is 5.96. The fourth-order valence-electron chi connectivity index (χ4n) is 4.16. The van der Waals surface area contributed by atoms with E-state index in [2.05, 4.69) is 17.1 Å². The van der Waals surface area contributed by atoms with Crippen LogP contribution in [0.25, 0.3) is 22.0 Å². The summed E-state index contributed by atoms with van der Waals surface area (Å²) in [4.78, 5) is 24.3. The van der Waals surface area contributed by atoms with Crippen molar-refractivity contribution in [2.45, 2.75) is 13.0 Å². The van der Waals surface area contributed by atoms with E-state index < -0.39 is 0 Å². The SMILES string of the molecule is CSCOc1ccc(-c2ccncc2)c2c1CN(CCc1ccc3ccccc3n1)C2=O. The zero-order valence-electron chi connectivity index (χ0n) is 17.8. The van der Waals surface area contributed by atoms with Gasteiger partial charge in [-0.25, -0.2) is 0 Å². The Bertz CT molecular complexity index is 1280. The Hall–Kier alpha value is -3.38. The number of nitrogens with zero attached hydrogens (tertiary/aromatic N) is 3. The molecule has 0 saturated carbocycles. The van der Waals surface area contributed by atoms with Crippen molar-refractivity contribution < 1.29 is 9.53 Å². The lowest BCUT2D eigenvalue weighted by molar-refractivity contribution is 0.0780. The van der Waals surface area contributed by atoms with Gasteiger partial charge in [-0.2, -0.15) is 0 Å². The van der Waals surface area contributed by atoms with Crippen LogP contribution < -0.4 is 4.74 Å². The lowest BCUT2D eigenvalue weighted by Crippen LogP contribution is -2.26. The monoisotopic (exact) mass is 441 g/mol. The number of amides is 1. The second-order valence-electron chi connectivity index (χ2n) is 7.72. The smallest absolute Gasteiger partial charge is 0.255 e. The first-order valence-corrected chi connectivity index (χ1v) is 12.0. The molecule has 5 nitrogen and oxygen atoms in total. The number of rotatable bonds is 7. The zero-order chi connectivity index (χ0) is 21.9. The molecular weight excluding hydrogens is 418 g/mol. The minimum Gasteiger partial charge on any atom is -0.483 e. The van der Waals surface area contributed by atoms with Crippen molar-refractivity contribution in [1.29, 1.82) is 0 Å². The zero-order valence-corrected chi connectivity index (χ0v) is 18.6. The van der Waals surface area contributed by atoms with Crippen LogP contribution in [0.5, 0.6) is 5.75 Å². The number of ether oxygens (including phenoxy) is 1. The van der Waals surface area contributed by atoms with E-state index >= 15 is 0 Å². The third-order valence-electron chi connectivity index (χ3n) is 5.74. The van der Waals surface area contributed by atoms with Crippen molar-refractivity contribution in [3.05, 3.63) is 89.9 Å². The molecule has 2 aromatic heterocycles. The number of aromatic nitrogens is 2. The van der Waals surface area contributed by atoms with E-state index in [1.807, 2.05) is 59.7 Å². The third kappa shape index (κ3) is 3.94. The van der Waals surface area contributed by atoms with Gasteiger partial charge >= 0.3 is 0 Å². The molecule has 2 aromatic carbocycles. The van der Waals surface area contributed by atoms with E-state index in [0.717, 1.165) is 44.6 Å². The maximum atomic E-state index is 13.5. The Kier molecular flexibility index (Phi) is 5.77. The number of fused-ring (bicyclic) bond motifs is 2. The van der Waals surface area contributed by atoms with Gasteiger partial charge in [0.2, 0.25) is 0 Å². The molecule has 0 radical (unpaired) electrons. The molecule has 0 atom stereocenters. The maximum absolute atomic E-state index is 13.5. The van der Waals surface area contributed by atoms with Crippen LogP contribution in [0.3, 0.4) is 0 Å². The Balaban J connectivity index is 1.42. The Labute approximate surface area is 191 Å². The first kappa shape index (κ1) is 20.5. The third-order valence-corrected chi connectivity index (χ3v) is 6.09. The van der Waals surface area contributed by atoms with E-state index in [1.54, 1.807) is 24.2 Å². The van der Waals surface area contributed by atoms with Crippen LogP contribution in [0, 0.1) is 0 Å². The average Bonchev–Trinajstić information content (AvgIpc) is 3.18. The Morgan fingerprint density at radius 2 is 1.88 bits per heavy atom. The van der Waals surface area contributed by atoms with Gasteiger partial charge in [0.05, 0.1) is 17.6 Å². The average molecular weight is 442 g/mol. The molecule has 1 aliphatic rings. The normalized spacial score (nSPS) is 12.9. The second kappa shape index (κ2) is 9.01. The number of benzene rings is 2. The molecule has 0 spiro atoms. The highest BCUT2D eigenvalue weighted by molar-refractivity contribution is 7.98. The van der Waals surface area contributed by atoms with E-state index in [-0.39, 0.29) is 5.91 Å². The molecule has 0 bridgehead atoms. The topological polar surface area (TPSA) is 55.3 Å². The number of thioether (sulfide) groups is 1. The van der Waals surface area contributed by atoms with Gasteiger partial charge in [0.25, 0.3) is 5.91 Å². The van der Waals surface area contributed by atoms with Crippen molar-refractivity contribution in [1.82, 2.24) is 14.9 Å².